The van der Waals surface area contributed by atoms with Crippen molar-refractivity contribution < 1.29 is 18.0 Å². The first-order valence-corrected chi connectivity index (χ1v) is 11.2. The number of nitrogen functional groups attached to an aromatic ring is 1. The quantitative estimate of drug-likeness (QED) is 0.702. The van der Waals surface area contributed by atoms with Crippen LogP contribution in [0.25, 0.3) is 5.69 Å². The summed E-state index contributed by atoms with van der Waals surface area (Å²) < 4.78 is 28.5. The van der Waals surface area contributed by atoms with Crippen LogP contribution in [0.15, 0.2) is 40.0 Å². The number of pyridine rings is 1. The SMILES string of the molecule is CN(C1CCCCC1)S(=O)(=O)c1ccc(-n2c(N)c3c(cc2=O)C(=O)NC3=O)cc1. The predicted molar refractivity (Wildman–Crippen MR) is 110 cm³/mol. The van der Waals surface area contributed by atoms with Gasteiger partial charge in [0.1, 0.15) is 5.82 Å². The third kappa shape index (κ3) is 3.21. The Kier molecular flexibility index (Phi) is 4.99. The molecule has 10 heteroatoms. The van der Waals surface area contributed by atoms with Crippen molar-refractivity contribution in [1.29, 1.82) is 0 Å². The summed E-state index contributed by atoms with van der Waals surface area (Å²) in [6.45, 7) is 0. The maximum atomic E-state index is 13.0. The average Bonchev–Trinajstić information content (AvgIpc) is 3.01. The van der Waals surface area contributed by atoms with Gasteiger partial charge in [-0.25, -0.2) is 8.42 Å². The Labute approximate surface area is 173 Å². The molecule has 158 valence electrons. The van der Waals surface area contributed by atoms with Crippen molar-refractivity contribution in [3.05, 3.63) is 51.8 Å². The van der Waals surface area contributed by atoms with Gasteiger partial charge in [0.05, 0.1) is 21.7 Å². The first-order chi connectivity index (χ1) is 14.2. The molecule has 2 heterocycles. The van der Waals surface area contributed by atoms with E-state index >= 15 is 0 Å². The van der Waals surface area contributed by atoms with Crippen LogP contribution in [0.4, 0.5) is 5.82 Å². The molecule has 1 aromatic carbocycles. The maximum absolute atomic E-state index is 13.0. The summed E-state index contributed by atoms with van der Waals surface area (Å²) in [5.74, 6) is -1.51. The first-order valence-electron chi connectivity index (χ1n) is 9.71. The molecular formula is C20H22N4O5S. The molecule has 0 saturated heterocycles. The van der Waals surface area contributed by atoms with E-state index in [-0.39, 0.29) is 27.9 Å². The van der Waals surface area contributed by atoms with Gasteiger partial charge in [-0.3, -0.25) is 24.3 Å². The van der Waals surface area contributed by atoms with Crippen molar-refractivity contribution in [2.24, 2.45) is 0 Å². The molecule has 1 aromatic heterocycles. The van der Waals surface area contributed by atoms with E-state index < -0.39 is 27.4 Å². The van der Waals surface area contributed by atoms with E-state index in [9.17, 15) is 22.8 Å². The normalized spacial score (nSPS) is 17.3. The minimum absolute atomic E-state index is 0.0190. The topological polar surface area (TPSA) is 132 Å². The number of nitrogens with zero attached hydrogens (tertiary/aromatic N) is 2. The van der Waals surface area contributed by atoms with Crippen molar-refractivity contribution in [3.63, 3.8) is 0 Å². The summed E-state index contributed by atoms with van der Waals surface area (Å²) in [5.41, 5.74) is 5.59. The van der Waals surface area contributed by atoms with Crippen molar-refractivity contribution in [3.8, 4) is 5.69 Å². The number of sulfonamides is 1. The van der Waals surface area contributed by atoms with Crippen LogP contribution in [0, 0.1) is 0 Å². The van der Waals surface area contributed by atoms with Gasteiger partial charge >= 0.3 is 0 Å². The molecule has 0 atom stereocenters. The van der Waals surface area contributed by atoms with Crippen LogP contribution in [-0.2, 0) is 10.0 Å². The molecule has 0 bridgehead atoms. The van der Waals surface area contributed by atoms with E-state index in [4.69, 9.17) is 5.73 Å². The van der Waals surface area contributed by atoms with Crippen molar-refractivity contribution in [2.45, 2.75) is 43.0 Å². The molecule has 0 unspecified atom stereocenters. The van der Waals surface area contributed by atoms with E-state index in [0.717, 1.165) is 42.7 Å². The summed E-state index contributed by atoms with van der Waals surface area (Å²) in [4.78, 5) is 36.4. The Hall–Kier alpha value is -2.98. The summed E-state index contributed by atoms with van der Waals surface area (Å²) >= 11 is 0. The second-order valence-electron chi connectivity index (χ2n) is 7.58. The molecular weight excluding hydrogens is 408 g/mol. The number of hydrogen-bond donors (Lipinski definition) is 2. The fraction of sp³-hybridized carbons (Fsp3) is 0.350. The van der Waals surface area contributed by atoms with E-state index in [0.29, 0.717) is 5.69 Å². The molecule has 9 nitrogen and oxygen atoms in total. The minimum atomic E-state index is -3.68. The summed E-state index contributed by atoms with van der Waals surface area (Å²) in [5, 5.41) is 2.11. The molecule has 2 aromatic rings. The zero-order chi connectivity index (χ0) is 21.6. The molecule has 2 amide bonds. The van der Waals surface area contributed by atoms with Gasteiger partial charge in [0.15, 0.2) is 0 Å². The van der Waals surface area contributed by atoms with Crippen LogP contribution in [0.2, 0.25) is 0 Å². The fourth-order valence-corrected chi connectivity index (χ4v) is 5.54. The highest BCUT2D eigenvalue weighted by Crippen LogP contribution is 2.28. The van der Waals surface area contributed by atoms with Gasteiger partial charge in [-0.2, -0.15) is 4.31 Å². The van der Waals surface area contributed by atoms with Crippen LogP contribution in [0.3, 0.4) is 0 Å². The Balaban J connectivity index is 1.70. The summed E-state index contributed by atoms with van der Waals surface area (Å²) in [6, 6.07) is 6.77. The van der Waals surface area contributed by atoms with Gasteiger partial charge in [-0.1, -0.05) is 19.3 Å². The molecule has 1 fully saturated rings. The highest BCUT2D eigenvalue weighted by atomic mass is 32.2. The summed E-state index contributed by atoms with van der Waals surface area (Å²) in [6.07, 6.45) is 4.84. The number of hydrogen-bond acceptors (Lipinski definition) is 6. The van der Waals surface area contributed by atoms with Gasteiger partial charge in [-0.05, 0) is 37.1 Å². The smallest absolute Gasteiger partial charge is 0.262 e. The van der Waals surface area contributed by atoms with E-state index in [1.807, 2.05) is 0 Å². The standard InChI is InChI=1S/C20H22N4O5S/c1-23(12-5-3-2-4-6-12)30(28,29)14-9-7-13(8-10-14)24-16(25)11-15-17(18(24)21)20(27)22-19(15)26/h7-12H,2-6,21H2,1H3,(H,22,26,27). The maximum Gasteiger partial charge on any atom is 0.262 e. The van der Waals surface area contributed by atoms with Crippen LogP contribution in [0.5, 0.6) is 0 Å². The van der Waals surface area contributed by atoms with Crippen molar-refractivity contribution in [2.75, 3.05) is 12.8 Å². The van der Waals surface area contributed by atoms with Crippen LogP contribution >= 0.6 is 0 Å². The number of fused-ring (bicyclic) bond motifs is 1. The number of nitrogens with two attached hydrogens (primary N) is 1. The van der Waals surface area contributed by atoms with E-state index in [1.54, 1.807) is 7.05 Å². The molecule has 2 aliphatic rings. The van der Waals surface area contributed by atoms with Gasteiger partial charge in [0, 0.05) is 19.2 Å². The summed E-state index contributed by atoms with van der Waals surface area (Å²) in [7, 11) is -2.08. The average molecular weight is 430 g/mol. The van der Waals surface area contributed by atoms with Gasteiger partial charge in [-0.15, -0.1) is 0 Å². The molecule has 3 N–H and O–H groups in total. The van der Waals surface area contributed by atoms with Gasteiger partial charge in [0.2, 0.25) is 10.0 Å². The predicted octanol–water partition coefficient (Wildman–Crippen LogP) is 1.26. The molecule has 0 spiro atoms. The van der Waals surface area contributed by atoms with Crippen LogP contribution in [-0.4, -0.2) is 42.2 Å². The second-order valence-corrected chi connectivity index (χ2v) is 9.58. The molecule has 0 radical (unpaired) electrons. The number of carbonyl (C=O) groups is 2. The number of aromatic nitrogens is 1. The lowest BCUT2D eigenvalue weighted by atomic mass is 9.96. The zero-order valence-electron chi connectivity index (χ0n) is 16.4. The molecule has 30 heavy (non-hydrogen) atoms. The molecule has 4 rings (SSSR count). The number of imide groups is 1. The van der Waals surface area contributed by atoms with Gasteiger partial charge < -0.3 is 5.73 Å². The fourth-order valence-electron chi connectivity index (χ4n) is 4.12. The number of rotatable bonds is 4. The highest BCUT2D eigenvalue weighted by molar-refractivity contribution is 7.89. The lowest BCUT2D eigenvalue weighted by molar-refractivity contribution is 0.0880. The molecule has 1 aliphatic heterocycles. The Morgan fingerprint density at radius 1 is 1.03 bits per heavy atom. The molecule has 1 aliphatic carbocycles. The second kappa shape index (κ2) is 7.37. The third-order valence-corrected chi connectivity index (χ3v) is 7.74. The lowest BCUT2D eigenvalue weighted by Gasteiger charge is -2.30. The van der Waals surface area contributed by atoms with E-state index in [2.05, 4.69) is 5.32 Å². The highest BCUT2D eigenvalue weighted by Gasteiger charge is 2.32. The minimum Gasteiger partial charge on any atom is -0.384 e. The zero-order valence-corrected chi connectivity index (χ0v) is 17.2. The Morgan fingerprint density at radius 3 is 2.30 bits per heavy atom. The van der Waals surface area contributed by atoms with Crippen molar-refractivity contribution >= 4 is 27.7 Å². The number of carbonyl (C=O) groups excluding carboxylic acids is 2. The van der Waals surface area contributed by atoms with Crippen LogP contribution in [0.1, 0.15) is 52.8 Å². The third-order valence-electron chi connectivity index (χ3n) is 5.81. The van der Waals surface area contributed by atoms with E-state index in [1.165, 1.54) is 28.6 Å². The number of benzene rings is 1. The first kappa shape index (κ1) is 20.3. The lowest BCUT2D eigenvalue weighted by Crippen LogP contribution is -2.38. The molecule has 1 saturated carbocycles. The Bertz CT molecular complexity index is 1190. The number of amides is 2. The number of anilines is 1. The number of nitrogens with one attached hydrogen (secondary N) is 1. The Morgan fingerprint density at radius 2 is 1.67 bits per heavy atom. The van der Waals surface area contributed by atoms with Gasteiger partial charge in [0.25, 0.3) is 17.4 Å². The monoisotopic (exact) mass is 430 g/mol. The largest absolute Gasteiger partial charge is 0.384 e. The van der Waals surface area contributed by atoms with Crippen molar-refractivity contribution in [1.82, 2.24) is 14.2 Å². The van der Waals surface area contributed by atoms with Crippen LogP contribution < -0.4 is 16.6 Å².